The largest absolute Gasteiger partial charge is 0.386 e. The number of rotatable bonds is 4. The first-order chi connectivity index (χ1) is 9.47. The number of nitrogens with one attached hydrogen (secondary N) is 1. The Bertz CT molecular complexity index is 582. The number of benzene rings is 2. The molecule has 0 aliphatic heterocycles. The van der Waals surface area contributed by atoms with Crippen LogP contribution in [0.2, 0.25) is 10.0 Å². The molecule has 0 saturated carbocycles. The summed E-state index contributed by atoms with van der Waals surface area (Å²) in [6.07, 6.45) is -1.33. The summed E-state index contributed by atoms with van der Waals surface area (Å²) in [5.74, 6) is -1.58. The van der Waals surface area contributed by atoms with Gasteiger partial charge in [0.25, 0.3) is 0 Å². The van der Waals surface area contributed by atoms with E-state index in [-0.39, 0.29) is 12.1 Å². The molecule has 1 unspecified atom stereocenters. The molecular weight excluding hydrogens is 307 g/mol. The fraction of sp³-hybridized carbons (Fsp3) is 0.143. The zero-order chi connectivity index (χ0) is 14.7. The van der Waals surface area contributed by atoms with Gasteiger partial charge in [0, 0.05) is 22.3 Å². The number of hydrogen-bond donors (Lipinski definition) is 2. The normalized spacial score (nSPS) is 12.2. The molecule has 6 heteroatoms. The Morgan fingerprint density at radius 3 is 2.15 bits per heavy atom. The van der Waals surface area contributed by atoms with Gasteiger partial charge in [-0.1, -0.05) is 29.3 Å². The average Bonchev–Trinajstić information content (AvgIpc) is 2.35. The Labute approximate surface area is 125 Å². The van der Waals surface area contributed by atoms with Crippen LogP contribution in [0.15, 0.2) is 36.4 Å². The SMILES string of the molecule is OC(CNc1cc(Cl)cc(Cl)c1)c1c(F)cccc1F. The van der Waals surface area contributed by atoms with E-state index in [0.717, 1.165) is 12.1 Å². The molecule has 0 spiro atoms. The first-order valence-electron chi connectivity index (χ1n) is 5.79. The van der Waals surface area contributed by atoms with E-state index in [1.54, 1.807) is 18.2 Å². The van der Waals surface area contributed by atoms with Crippen molar-refractivity contribution in [2.75, 3.05) is 11.9 Å². The van der Waals surface area contributed by atoms with Gasteiger partial charge in [-0.05, 0) is 30.3 Å². The molecule has 0 aromatic heterocycles. The van der Waals surface area contributed by atoms with Gasteiger partial charge in [-0.25, -0.2) is 8.78 Å². The summed E-state index contributed by atoms with van der Waals surface area (Å²) in [4.78, 5) is 0. The van der Waals surface area contributed by atoms with Gasteiger partial charge in [0.2, 0.25) is 0 Å². The summed E-state index contributed by atoms with van der Waals surface area (Å²) in [6.45, 7) is -0.0749. The highest BCUT2D eigenvalue weighted by Gasteiger charge is 2.17. The van der Waals surface area contributed by atoms with Crippen LogP contribution in [-0.2, 0) is 0 Å². The maximum atomic E-state index is 13.5. The first kappa shape index (κ1) is 15.0. The monoisotopic (exact) mass is 317 g/mol. The number of aliphatic hydroxyl groups is 1. The van der Waals surface area contributed by atoms with Crippen molar-refractivity contribution < 1.29 is 13.9 Å². The number of anilines is 1. The van der Waals surface area contributed by atoms with Crippen LogP contribution in [0.25, 0.3) is 0 Å². The van der Waals surface area contributed by atoms with E-state index in [1.807, 2.05) is 0 Å². The molecule has 0 bridgehead atoms. The van der Waals surface area contributed by atoms with Gasteiger partial charge in [-0.3, -0.25) is 0 Å². The molecule has 2 aromatic carbocycles. The highest BCUT2D eigenvalue weighted by atomic mass is 35.5. The van der Waals surface area contributed by atoms with Crippen molar-refractivity contribution in [2.24, 2.45) is 0 Å². The summed E-state index contributed by atoms with van der Waals surface area (Å²) in [7, 11) is 0. The Balaban J connectivity index is 2.10. The fourth-order valence-electron chi connectivity index (χ4n) is 1.80. The predicted molar refractivity (Wildman–Crippen MR) is 76.3 cm³/mol. The van der Waals surface area contributed by atoms with Gasteiger partial charge >= 0.3 is 0 Å². The third-order valence-corrected chi connectivity index (χ3v) is 3.13. The van der Waals surface area contributed by atoms with Crippen LogP contribution in [0.3, 0.4) is 0 Å². The van der Waals surface area contributed by atoms with Gasteiger partial charge in [0.05, 0.1) is 5.56 Å². The number of halogens is 4. The summed E-state index contributed by atoms with van der Waals surface area (Å²) in [6, 6.07) is 8.18. The zero-order valence-corrected chi connectivity index (χ0v) is 11.7. The molecule has 2 N–H and O–H groups in total. The molecule has 0 heterocycles. The second-order valence-corrected chi connectivity index (χ2v) is 5.06. The summed E-state index contributed by atoms with van der Waals surface area (Å²) < 4.78 is 27.0. The zero-order valence-electron chi connectivity index (χ0n) is 10.2. The number of aliphatic hydroxyl groups excluding tert-OH is 1. The Morgan fingerprint density at radius 1 is 1.05 bits per heavy atom. The van der Waals surface area contributed by atoms with Gasteiger partial charge in [-0.2, -0.15) is 0 Å². The van der Waals surface area contributed by atoms with Crippen molar-refractivity contribution in [1.29, 1.82) is 0 Å². The predicted octanol–water partition coefficient (Wildman–Crippen LogP) is 4.42. The van der Waals surface area contributed by atoms with Crippen molar-refractivity contribution in [2.45, 2.75) is 6.10 Å². The van der Waals surface area contributed by atoms with Gasteiger partial charge in [0.15, 0.2) is 0 Å². The molecule has 20 heavy (non-hydrogen) atoms. The Hall–Kier alpha value is -1.36. The van der Waals surface area contributed by atoms with Crippen LogP contribution < -0.4 is 5.32 Å². The smallest absolute Gasteiger partial charge is 0.132 e. The fourth-order valence-corrected chi connectivity index (χ4v) is 2.33. The molecule has 0 radical (unpaired) electrons. The molecule has 0 aliphatic carbocycles. The van der Waals surface area contributed by atoms with Crippen molar-refractivity contribution >= 4 is 28.9 Å². The van der Waals surface area contributed by atoms with Crippen molar-refractivity contribution in [3.8, 4) is 0 Å². The molecule has 2 aromatic rings. The first-order valence-corrected chi connectivity index (χ1v) is 6.55. The van der Waals surface area contributed by atoms with Crippen LogP contribution in [0.5, 0.6) is 0 Å². The number of hydrogen-bond acceptors (Lipinski definition) is 2. The van der Waals surface area contributed by atoms with Gasteiger partial charge in [0.1, 0.15) is 17.7 Å². The van der Waals surface area contributed by atoms with E-state index < -0.39 is 17.7 Å². The maximum Gasteiger partial charge on any atom is 0.132 e. The van der Waals surface area contributed by atoms with Crippen molar-refractivity contribution in [3.63, 3.8) is 0 Å². The maximum absolute atomic E-state index is 13.5. The van der Waals surface area contributed by atoms with Crippen LogP contribution >= 0.6 is 23.2 Å². The standard InChI is InChI=1S/C14H11Cl2F2NO/c15-8-4-9(16)6-10(5-8)19-7-13(20)14-11(17)2-1-3-12(14)18/h1-6,13,19-20H,7H2. The third kappa shape index (κ3) is 3.60. The molecule has 0 saturated heterocycles. The highest BCUT2D eigenvalue weighted by molar-refractivity contribution is 6.35. The molecule has 106 valence electrons. The van der Waals surface area contributed by atoms with E-state index in [2.05, 4.69) is 5.32 Å². The average molecular weight is 318 g/mol. The Morgan fingerprint density at radius 2 is 1.60 bits per heavy atom. The van der Waals surface area contributed by atoms with Crippen LogP contribution in [0.1, 0.15) is 11.7 Å². The molecule has 0 fully saturated rings. The lowest BCUT2D eigenvalue weighted by molar-refractivity contribution is 0.181. The molecule has 0 aliphatic rings. The summed E-state index contributed by atoms with van der Waals surface area (Å²) in [5, 5.41) is 13.5. The lowest BCUT2D eigenvalue weighted by Crippen LogP contribution is -2.15. The molecule has 2 nitrogen and oxygen atoms in total. The molecular formula is C14H11Cl2F2NO. The minimum Gasteiger partial charge on any atom is -0.386 e. The van der Waals surface area contributed by atoms with E-state index in [1.165, 1.54) is 6.07 Å². The lowest BCUT2D eigenvalue weighted by Gasteiger charge is -2.15. The lowest BCUT2D eigenvalue weighted by atomic mass is 10.1. The van der Waals surface area contributed by atoms with Crippen molar-refractivity contribution in [1.82, 2.24) is 0 Å². The Kier molecular flexibility index (Phi) is 4.81. The molecule has 1 atom stereocenters. The minimum absolute atomic E-state index is 0.0749. The van der Waals surface area contributed by atoms with E-state index >= 15 is 0 Å². The third-order valence-electron chi connectivity index (χ3n) is 2.70. The van der Waals surface area contributed by atoms with Crippen LogP contribution in [-0.4, -0.2) is 11.7 Å². The summed E-state index contributed by atoms with van der Waals surface area (Å²) >= 11 is 11.7. The van der Waals surface area contributed by atoms with E-state index in [4.69, 9.17) is 23.2 Å². The van der Waals surface area contributed by atoms with Crippen LogP contribution in [0, 0.1) is 11.6 Å². The quantitative estimate of drug-likeness (QED) is 0.875. The highest BCUT2D eigenvalue weighted by Crippen LogP contribution is 2.24. The van der Waals surface area contributed by atoms with Crippen molar-refractivity contribution in [3.05, 3.63) is 63.6 Å². The van der Waals surface area contributed by atoms with E-state index in [9.17, 15) is 13.9 Å². The minimum atomic E-state index is -1.33. The second-order valence-electron chi connectivity index (χ2n) is 4.19. The molecule has 2 rings (SSSR count). The summed E-state index contributed by atoms with van der Waals surface area (Å²) in [5.41, 5.74) is 0.187. The second kappa shape index (κ2) is 6.39. The van der Waals surface area contributed by atoms with E-state index in [0.29, 0.717) is 15.7 Å². The van der Waals surface area contributed by atoms with Gasteiger partial charge < -0.3 is 10.4 Å². The van der Waals surface area contributed by atoms with Gasteiger partial charge in [-0.15, -0.1) is 0 Å². The molecule has 0 amide bonds. The topological polar surface area (TPSA) is 32.3 Å². The van der Waals surface area contributed by atoms with Crippen LogP contribution in [0.4, 0.5) is 14.5 Å².